The highest BCUT2D eigenvalue weighted by molar-refractivity contribution is 8.00. The summed E-state index contributed by atoms with van der Waals surface area (Å²) in [7, 11) is 1.38. The second-order valence-corrected chi connectivity index (χ2v) is 12.6. The van der Waals surface area contributed by atoms with Crippen molar-refractivity contribution in [3.8, 4) is 11.5 Å². The van der Waals surface area contributed by atoms with E-state index in [0.29, 0.717) is 21.2 Å². The summed E-state index contributed by atoms with van der Waals surface area (Å²) in [5.74, 6) is -4.30. The van der Waals surface area contributed by atoms with Crippen molar-refractivity contribution >= 4 is 58.2 Å². The maximum atomic E-state index is 14.1. The van der Waals surface area contributed by atoms with Crippen LogP contribution in [0.1, 0.15) is 33.6 Å². The molecular formula is C32H26FN3O8S2. The van der Waals surface area contributed by atoms with Crippen LogP contribution in [0.4, 0.5) is 15.8 Å². The third-order valence-electron chi connectivity index (χ3n) is 7.68. The SMILES string of the molecule is CCOC(=O)c1ccc(N2C(=O)C3Sc4c(sc(=O)n4CC(=O)Nc4ccc(F)cc4)[C@@H](c4ccc(O)c(OC)c4)C3C2=O)cc1. The number of ether oxygens (including phenoxy) is 2. The maximum absolute atomic E-state index is 14.1. The number of thiazole rings is 1. The van der Waals surface area contributed by atoms with Gasteiger partial charge in [-0.25, -0.2) is 14.1 Å². The molecule has 236 valence electrons. The lowest BCUT2D eigenvalue weighted by atomic mass is 9.83. The molecule has 3 aromatic carbocycles. The van der Waals surface area contributed by atoms with E-state index in [9.17, 15) is 33.5 Å². The summed E-state index contributed by atoms with van der Waals surface area (Å²) >= 11 is 1.91. The molecule has 46 heavy (non-hydrogen) atoms. The molecule has 0 bridgehead atoms. The van der Waals surface area contributed by atoms with Crippen LogP contribution in [0, 0.1) is 11.7 Å². The number of fused-ring (bicyclic) bond motifs is 2. The normalized spacial score (nSPS) is 18.6. The Labute approximate surface area is 269 Å². The third kappa shape index (κ3) is 5.54. The summed E-state index contributed by atoms with van der Waals surface area (Å²) in [4.78, 5) is 67.7. The quantitative estimate of drug-likeness (QED) is 0.207. The van der Waals surface area contributed by atoms with E-state index in [2.05, 4.69) is 5.32 Å². The lowest BCUT2D eigenvalue weighted by molar-refractivity contribution is -0.122. The van der Waals surface area contributed by atoms with Gasteiger partial charge in [-0.2, -0.15) is 0 Å². The number of esters is 1. The Hall–Kier alpha value is -4.95. The first kappa shape index (κ1) is 31.0. The first-order valence-electron chi connectivity index (χ1n) is 14.1. The van der Waals surface area contributed by atoms with Crippen LogP contribution in [0.15, 0.2) is 76.6 Å². The minimum absolute atomic E-state index is 0.131. The maximum Gasteiger partial charge on any atom is 0.338 e. The number of aromatic hydroxyl groups is 1. The van der Waals surface area contributed by atoms with Crippen molar-refractivity contribution in [2.45, 2.75) is 29.7 Å². The Morgan fingerprint density at radius 1 is 1.00 bits per heavy atom. The van der Waals surface area contributed by atoms with Crippen molar-refractivity contribution < 1.29 is 38.1 Å². The molecule has 2 aliphatic rings. The van der Waals surface area contributed by atoms with Gasteiger partial charge >= 0.3 is 10.8 Å². The van der Waals surface area contributed by atoms with Crippen molar-refractivity contribution in [3.05, 3.63) is 98.2 Å². The van der Waals surface area contributed by atoms with Crippen LogP contribution in [-0.2, 0) is 25.7 Å². The Kier molecular flexibility index (Phi) is 8.40. The fourth-order valence-electron chi connectivity index (χ4n) is 5.59. The molecule has 0 aliphatic carbocycles. The number of aromatic nitrogens is 1. The zero-order valence-electron chi connectivity index (χ0n) is 24.4. The number of imide groups is 1. The Morgan fingerprint density at radius 2 is 1.72 bits per heavy atom. The van der Waals surface area contributed by atoms with Crippen LogP contribution in [0.3, 0.4) is 0 Å². The Morgan fingerprint density at radius 3 is 2.39 bits per heavy atom. The number of benzene rings is 3. The molecule has 1 aromatic heterocycles. The van der Waals surface area contributed by atoms with Crippen LogP contribution >= 0.6 is 23.1 Å². The molecule has 1 fully saturated rings. The average Bonchev–Trinajstić information content (AvgIpc) is 3.48. The minimum atomic E-state index is -0.963. The number of carbonyl (C=O) groups excluding carboxylic acids is 4. The van der Waals surface area contributed by atoms with E-state index >= 15 is 0 Å². The van der Waals surface area contributed by atoms with E-state index in [0.717, 1.165) is 28.0 Å². The number of rotatable bonds is 8. The van der Waals surface area contributed by atoms with E-state index < -0.39 is 51.5 Å². The summed E-state index contributed by atoms with van der Waals surface area (Å²) in [6.07, 6.45) is 0. The summed E-state index contributed by atoms with van der Waals surface area (Å²) in [6, 6.07) is 15.7. The fraction of sp³-hybridized carbons (Fsp3) is 0.219. The number of carbonyl (C=O) groups is 4. The van der Waals surface area contributed by atoms with Crippen LogP contribution in [0.5, 0.6) is 11.5 Å². The fourth-order valence-corrected chi connectivity index (χ4v) is 8.37. The topological polar surface area (TPSA) is 144 Å². The van der Waals surface area contributed by atoms with Gasteiger partial charge in [0.15, 0.2) is 11.5 Å². The smallest absolute Gasteiger partial charge is 0.338 e. The first-order valence-corrected chi connectivity index (χ1v) is 15.8. The lowest BCUT2D eigenvalue weighted by Gasteiger charge is -2.31. The zero-order chi connectivity index (χ0) is 32.7. The van der Waals surface area contributed by atoms with Crippen molar-refractivity contribution in [2.75, 3.05) is 23.9 Å². The number of nitrogens with zero attached hydrogens (tertiary/aromatic N) is 2. The van der Waals surface area contributed by atoms with Crippen molar-refractivity contribution in [1.82, 2.24) is 4.57 Å². The van der Waals surface area contributed by atoms with Gasteiger partial charge in [0.2, 0.25) is 17.7 Å². The second kappa shape index (κ2) is 12.4. The molecule has 6 rings (SSSR count). The molecule has 4 aromatic rings. The summed E-state index contributed by atoms with van der Waals surface area (Å²) < 4.78 is 24.9. The molecule has 3 heterocycles. The summed E-state index contributed by atoms with van der Waals surface area (Å²) in [6.45, 7) is 1.49. The number of phenols is 1. The Bertz CT molecular complexity index is 1920. The van der Waals surface area contributed by atoms with Crippen molar-refractivity contribution in [1.29, 1.82) is 0 Å². The minimum Gasteiger partial charge on any atom is -0.504 e. The molecule has 0 saturated carbocycles. The van der Waals surface area contributed by atoms with Gasteiger partial charge in [-0.1, -0.05) is 29.2 Å². The average molecular weight is 664 g/mol. The molecule has 1 saturated heterocycles. The summed E-state index contributed by atoms with van der Waals surface area (Å²) in [5, 5.41) is 12.3. The van der Waals surface area contributed by atoms with Crippen LogP contribution in [0.25, 0.3) is 0 Å². The number of halogens is 1. The Balaban J connectivity index is 1.39. The largest absolute Gasteiger partial charge is 0.504 e. The third-order valence-corrected chi connectivity index (χ3v) is 10.3. The highest BCUT2D eigenvalue weighted by Crippen LogP contribution is 2.54. The van der Waals surface area contributed by atoms with Crippen LogP contribution in [-0.4, -0.2) is 52.3 Å². The van der Waals surface area contributed by atoms with Gasteiger partial charge in [-0.05, 0) is 73.2 Å². The molecule has 2 unspecified atom stereocenters. The highest BCUT2D eigenvalue weighted by Gasteiger charge is 2.57. The standard InChI is InChI=1S/C32H26FN3O8S2/c1-3-44-31(41)16-4-11-20(12-5-16)36-28(39)25-24(17-6-13-21(37)22(14-17)43-2)27-30(45-26(25)29(36)40)35(32(42)46-27)15-23(38)34-19-9-7-18(33)8-10-19/h4-14,24-26,37H,3,15H2,1-2H3,(H,34,38)/t24-,25?,26?/m0/s1. The lowest BCUT2D eigenvalue weighted by Crippen LogP contribution is -2.33. The first-order chi connectivity index (χ1) is 22.1. The second-order valence-electron chi connectivity index (χ2n) is 10.4. The molecule has 14 heteroatoms. The molecular weight excluding hydrogens is 637 g/mol. The number of amides is 3. The molecule has 0 radical (unpaired) electrons. The van der Waals surface area contributed by atoms with Crippen LogP contribution < -0.4 is 19.8 Å². The molecule has 2 aliphatic heterocycles. The van der Waals surface area contributed by atoms with E-state index in [4.69, 9.17) is 9.47 Å². The predicted octanol–water partition coefficient (Wildman–Crippen LogP) is 4.37. The van der Waals surface area contributed by atoms with Crippen molar-refractivity contribution in [2.24, 2.45) is 5.92 Å². The molecule has 3 amide bonds. The molecule has 2 N–H and O–H groups in total. The molecule has 0 spiro atoms. The van der Waals surface area contributed by atoms with Gasteiger partial charge in [-0.3, -0.25) is 23.7 Å². The van der Waals surface area contributed by atoms with E-state index in [-0.39, 0.29) is 35.9 Å². The van der Waals surface area contributed by atoms with Gasteiger partial charge in [0, 0.05) is 16.5 Å². The van der Waals surface area contributed by atoms with Crippen LogP contribution in [0.2, 0.25) is 0 Å². The number of phenolic OH excluding ortho intramolecular Hbond substituents is 1. The summed E-state index contributed by atoms with van der Waals surface area (Å²) in [5.41, 5.74) is 1.39. The van der Waals surface area contributed by atoms with Gasteiger partial charge < -0.3 is 19.9 Å². The molecule has 3 atom stereocenters. The number of hydrogen-bond acceptors (Lipinski definition) is 10. The number of anilines is 2. The van der Waals surface area contributed by atoms with Crippen molar-refractivity contribution in [3.63, 3.8) is 0 Å². The van der Waals surface area contributed by atoms with E-state index in [1.54, 1.807) is 19.1 Å². The van der Waals surface area contributed by atoms with Gasteiger partial charge in [0.25, 0.3) is 0 Å². The number of hydrogen-bond donors (Lipinski definition) is 2. The zero-order valence-corrected chi connectivity index (χ0v) is 26.0. The van der Waals surface area contributed by atoms with Gasteiger partial charge in [0.05, 0.1) is 35.9 Å². The molecule has 11 nitrogen and oxygen atoms in total. The number of thioether (sulfide) groups is 1. The number of methoxy groups -OCH3 is 1. The highest BCUT2D eigenvalue weighted by atomic mass is 32.2. The monoisotopic (exact) mass is 663 g/mol. The van der Waals surface area contributed by atoms with E-state index in [1.807, 2.05) is 0 Å². The number of nitrogens with one attached hydrogen (secondary N) is 1. The van der Waals surface area contributed by atoms with Gasteiger partial charge in [-0.15, -0.1) is 0 Å². The van der Waals surface area contributed by atoms with Gasteiger partial charge in [0.1, 0.15) is 17.6 Å². The predicted molar refractivity (Wildman–Crippen MR) is 168 cm³/mol. The van der Waals surface area contributed by atoms with E-state index in [1.165, 1.54) is 66.3 Å².